The second kappa shape index (κ2) is 8.59. The molecule has 0 N–H and O–H groups in total. The van der Waals surface area contributed by atoms with Crippen molar-refractivity contribution in [1.29, 1.82) is 0 Å². The molecule has 3 aromatic carbocycles. The summed E-state index contributed by atoms with van der Waals surface area (Å²) in [6.07, 6.45) is 0. The fourth-order valence-electron chi connectivity index (χ4n) is 3.08. The van der Waals surface area contributed by atoms with E-state index < -0.39 is 7.92 Å². The summed E-state index contributed by atoms with van der Waals surface area (Å²) in [5, 5.41) is 3.76. The highest BCUT2D eigenvalue weighted by Gasteiger charge is 2.27. The molecule has 0 aliphatic rings. The third-order valence-corrected chi connectivity index (χ3v) is 6.52. The fourth-order valence-corrected chi connectivity index (χ4v) is 5.47. The van der Waals surface area contributed by atoms with Crippen molar-refractivity contribution in [3.63, 3.8) is 0 Å². The van der Waals surface area contributed by atoms with Crippen molar-refractivity contribution < 1.29 is 9.47 Å². The van der Waals surface area contributed by atoms with Crippen LogP contribution in [0.4, 0.5) is 0 Å². The zero-order valence-electron chi connectivity index (χ0n) is 18.3. The van der Waals surface area contributed by atoms with Gasteiger partial charge in [0.05, 0.1) is 0 Å². The fraction of sp³-hybridized carbons (Fsp3) is 0.308. The average molecular weight is 407 g/mol. The molecule has 3 heteroatoms. The highest BCUT2D eigenvalue weighted by Crippen LogP contribution is 2.42. The van der Waals surface area contributed by atoms with Gasteiger partial charge in [-0.3, -0.25) is 0 Å². The molecule has 0 aliphatic heterocycles. The van der Waals surface area contributed by atoms with Crippen molar-refractivity contribution in [3.05, 3.63) is 78.9 Å². The third kappa shape index (κ3) is 5.84. The van der Waals surface area contributed by atoms with Crippen LogP contribution in [0.5, 0.6) is 11.5 Å². The first kappa shape index (κ1) is 21.4. The Hall–Kier alpha value is -2.31. The van der Waals surface area contributed by atoms with Crippen LogP contribution in [0.15, 0.2) is 78.9 Å². The Kier molecular flexibility index (Phi) is 6.34. The summed E-state index contributed by atoms with van der Waals surface area (Å²) >= 11 is 0. The van der Waals surface area contributed by atoms with Crippen molar-refractivity contribution in [2.45, 2.75) is 52.7 Å². The Morgan fingerprint density at radius 3 is 1.48 bits per heavy atom. The minimum atomic E-state index is -0.783. The van der Waals surface area contributed by atoms with Crippen LogP contribution in [0.1, 0.15) is 41.5 Å². The molecule has 0 aromatic heterocycles. The van der Waals surface area contributed by atoms with Gasteiger partial charge in [0.15, 0.2) is 11.5 Å². The van der Waals surface area contributed by atoms with Crippen LogP contribution in [0.2, 0.25) is 0 Å². The molecular weight excluding hydrogens is 375 g/mol. The Morgan fingerprint density at radius 2 is 1.03 bits per heavy atom. The van der Waals surface area contributed by atoms with Gasteiger partial charge in [0.2, 0.25) is 0 Å². The maximum absolute atomic E-state index is 6.53. The molecule has 0 amide bonds. The zero-order valence-corrected chi connectivity index (χ0v) is 19.2. The number of para-hydroxylation sites is 1. The van der Waals surface area contributed by atoms with E-state index in [2.05, 4.69) is 114 Å². The van der Waals surface area contributed by atoms with E-state index in [4.69, 9.17) is 9.47 Å². The molecule has 3 rings (SSSR count). The molecule has 0 heterocycles. The summed E-state index contributed by atoms with van der Waals surface area (Å²) in [4.78, 5) is 0. The lowest BCUT2D eigenvalue weighted by Gasteiger charge is -2.31. The number of hydrogen-bond donors (Lipinski definition) is 0. The van der Waals surface area contributed by atoms with Crippen molar-refractivity contribution in [2.75, 3.05) is 0 Å². The Labute approximate surface area is 176 Å². The van der Waals surface area contributed by atoms with E-state index in [1.165, 1.54) is 15.9 Å². The van der Waals surface area contributed by atoms with Gasteiger partial charge in [-0.05, 0) is 72.2 Å². The molecule has 0 unspecified atom stereocenters. The van der Waals surface area contributed by atoms with Crippen molar-refractivity contribution >= 4 is 23.8 Å². The summed E-state index contributed by atoms with van der Waals surface area (Å²) in [6.45, 7) is 12.4. The topological polar surface area (TPSA) is 18.5 Å². The van der Waals surface area contributed by atoms with E-state index in [0.29, 0.717) is 0 Å². The Balaban J connectivity index is 2.23. The van der Waals surface area contributed by atoms with Gasteiger partial charge < -0.3 is 9.47 Å². The van der Waals surface area contributed by atoms with Gasteiger partial charge in [0.1, 0.15) is 11.2 Å². The molecule has 2 nitrogen and oxygen atoms in total. The van der Waals surface area contributed by atoms with E-state index in [1.807, 2.05) is 6.07 Å². The highest BCUT2D eigenvalue weighted by molar-refractivity contribution is 7.80. The van der Waals surface area contributed by atoms with E-state index in [-0.39, 0.29) is 11.2 Å². The van der Waals surface area contributed by atoms with Gasteiger partial charge in [-0.1, -0.05) is 66.7 Å². The SMILES string of the molecule is CC(C)(C)Oc1cccc(P(c2ccccc2)c2ccccc2)c1OC(C)(C)C. The number of hydrogen-bond acceptors (Lipinski definition) is 2. The first-order valence-corrected chi connectivity index (χ1v) is 11.4. The Morgan fingerprint density at radius 1 is 0.552 bits per heavy atom. The molecule has 0 bridgehead atoms. The molecule has 152 valence electrons. The van der Waals surface area contributed by atoms with E-state index in [0.717, 1.165) is 11.5 Å². The molecule has 0 aliphatic carbocycles. The van der Waals surface area contributed by atoms with Gasteiger partial charge in [0.25, 0.3) is 0 Å². The van der Waals surface area contributed by atoms with Gasteiger partial charge in [-0.2, -0.15) is 0 Å². The lowest BCUT2D eigenvalue weighted by atomic mass is 10.1. The maximum Gasteiger partial charge on any atom is 0.170 e. The monoisotopic (exact) mass is 406 g/mol. The summed E-state index contributed by atoms with van der Waals surface area (Å²) < 4.78 is 12.9. The number of rotatable bonds is 5. The molecule has 0 radical (unpaired) electrons. The van der Waals surface area contributed by atoms with Crippen LogP contribution >= 0.6 is 7.92 Å². The van der Waals surface area contributed by atoms with Crippen LogP contribution in [0.25, 0.3) is 0 Å². The molecule has 0 saturated heterocycles. The van der Waals surface area contributed by atoms with E-state index in [9.17, 15) is 0 Å². The quantitative estimate of drug-likeness (QED) is 0.499. The number of benzene rings is 3. The standard InChI is InChI=1S/C26H31O2P/c1-25(2,3)27-22-18-13-19-23(24(22)28-26(4,5)6)29(20-14-9-7-10-15-20)21-16-11-8-12-17-21/h7-19H,1-6H3. The second-order valence-electron chi connectivity index (χ2n) is 9.04. The predicted octanol–water partition coefficient (Wildman–Crippen LogP) is 5.80. The predicted molar refractivity (Wildman–Crippen MR) is 126 cm³/mol. The van der Waals surface area contributed by atoms with E-state index in [1.54, 1.807) is 0 Å². The van der Waals surface area contributed by atoms with Gasteiger partial charge >= 0.3 is 0 Å². The highest BCUT2D eigenvalue weighted by atomic mass is 31.1. The first-order valence-electron chi connectivity index (χ1n) is 10.1. The minimum absolute atomic E-state index is 0.309. The van der Waals surface area contributed by atoms with Crippen molar-refractivity contribution in [1.82, 2.24) is 0 Å². The molecule has 0 atom stereocenters. The molecular formula is C26H31O2P. The van der Waals surface area contributed by atoms with Crippen LogP contribution in [0.3, 0.4) is 0 Å². The largest absolute Gasteiger partial charge is 0.484 e. The van der Waals surface area contributed by atoms with Crippen LogP contribution in [0, 0.1) is 0 Å². The molecule has 0 saturated carbocycles. The lowest BCUT2D eigenvalue weighted by Crippen LogP contribution is -2.31. The van der Waals surface area contributed by atoms with E-state index >= 15 is 0 Å². The maximum atomic E-state index is 6.53. The summed E-state index contributed by atoms with van der Waals surface area (Å²) in [5.74, 6) is 1.64. The van der Waals surface area contributed by atoms with Crippen LogP contribution in [-0.2, 0) is 0 Å². The zero-order chi connectivity index (χ0) is 21.1. The molecule has 0 spiro atoms. The van der Waals surface area contributed by atoms with Crippen LogP contribution < -0.4 is 25.4 Å². The normalized spacial score (nSPS) is 12.1. The first-order chi connectivity index (χ1) is 13.6. The summed E-state index contributed by atoms with van der Waals surface area (Å²) in [6, 6.07) is 27.6. The Bertz CT molecular complexity index is 883. The van der Waals surface area contributed by atoms with Crippen molar-refractivity contribution in [2.24, 2.45) is 0 Å². The third-order valence-electron chi connectivity index (χ3n) is 4.05. The molecule has 0 fully saturated rings. The van der Waals surface area contributed by atoms with Gasteiger partial charge in [0, 0.05) is 5.30 Å². The minimum Gasteiger partial charge on any atom is -0.484 e. The molecule has 29 heavy (non-hydrogen) atoms. The smallest absolute Gasteiger partial charge is 0.170 e. The van der Waals surface area contributed by atoms with Gasteiger partial charge in [-0.25, -0.2) is 0 Å². The van der Waals surface area contributed by atoms with Crippen LogP contribution in [-0.4, -0.2) is 11.2 Å². The van der Waals surface area contributed by atoms with Gasteiger partial charge in [-0.15, -0.1) is 0 Å². The number of ether oxygens (including phenoxy) is 2. The lowest BCUT2D eigenvalue weighted by molar-refractivity contribution is 0.0969. The summed E-state index contributed by atoms with van der Waals surface area (Å²) in [7, 11) is -0.783. The second-order valence-corrected chi connectivity index (χ2v) is 11.2. The molecule has 3 aromatic rings. The average Bonchev–Trinajstić information content (AvgIpc) is 2.64. The summed E-state index contributed by atoms with van der Waals surface area (Å²) in [5.41, 5.74) is -0.642. The van der Waals surface area contributed by atoms with Crippen molar-refractivity contribution in [3.8, 4) is 11.5 Å².